The number of hydrogen-bond donors (Lipinski definition) is 2. The zero-order valence-electron chi connectivity index (χ0n) is 11.5. The highest BCUT2D eigenvalue weighted by molar-refractivity contribution is 5.75. The molecule has 0 radical (unpaired) electrons. The van der Waals surface area contributed by atoms with Gasteiger partial charge in [-0.1, -0.05) is 0 Å². The highest BCUT2D eigenvalue weighted by Crippen LogP contribution is 2.26. The molecule has 4 atom stereocenters. The molecule has 1 aliphatic heterocycles. The number of aliphatic carboxylic acids is 1. The van der Waals surface area contributed by atoms with Gasteiger partial charge in [-0.15, -0.1) is 0 Å². The van der Waals surface area contributed by atoms with Crippen molar-refractivity contribution in [3.05, 3.63) is 0 Å². The average molecular weight is 270 g/mol. The molecule has 108 valence electrons. The van der Waals surface area contributed by atoms with Crippen LogP contribution in [0.15, 0.2) is 0 Å². The number of carbonyl (C=O) groups excluding carboxylic acids is 1. The van der Waals surface area contributed by atoms with E-state index in [0.29, 0.717) is 25.9 Å². The number of nitrogens with one attached hydrogen (secondary N) is 1. The molecule has 0 spiro atoms. The Labute approximate surface area is 113 Å². The molecule has 1 heterocycles. The van der Waals surface area contributed by atoms with E-state index in [1.807, 2.05) is 13.8 Å². The van der Waals surface area contributed by atoms with Crippen LogP contribution in [0.25, 0.3) is 0 Å². The van der Waals surface area contributed by atoms with Gasteiger partial charge in [0.05, 0.1) is 18.1 Å². The number of hydrogen-bond acceptors (Lipinski definition) is 3. The summed E-state index contributed by atoms with van der Waals surface area (Å²) in [5.74, 6) is -1.07. The Balaban J connectivity index is 1.83. The maximum atomic E-state index is 12.1. The first-order valence-electron chi connectivity index (χ1n) is 6.89. The fraction of sp³-hybridized carbons (Fsp3) is 0.846. The second kappa shape index (κ2) is 5.77. The minimum atomic E-state index is -0.759. The predicted octanol–water partition coefficient (Wildman–Crippen LogP) is 1.06. The molecule has 0 aromatic heterocycles. The van der Waals surface area contributed by atoms with E-state index in [1.54, 1.807) is 4.90 Å². The molecule has 2 amide bonds. The predicted molar refractivity (Wildman–Crippen MR) is 68.9 cm³/mol. The Morgan fingerprint density at radius 1 is 1.21 bits per heavy atom. The molecule has 0 bridgehead atoms. The largest absolute Gasteiger partial charge is 0.481 e. The summed E-state index contributed by atoms with van der Waals surface area (Å²) in [6, 6.07) is -0.111. The second-order valence-corrected chi connectivity index (χ2v) is 5.66. The molecular formula is C13H22N2O4. The Kier molecular flexibility index (Phi) is 4.29. The molecule has 2 unspecified atom stereocenters. The zero-order chi connectivity index (χ0) is 14.0. The topological polar surface area (TPSA) is 78.9 Å². The summed E-state index contributed by atoms with van der Waals surface area (Å²) in [5, 5.41) is 11.9. The van der Waals surface area contributed by atoms with Gasteiger partial charge >= 0.3 is 12.0 Å². The maximum absolute atomic E-state index is 12.1. The molecule has 2 aliphatic rings. The minimum absolute atomic E-state index is 0.0120. The number of amides is 2. The number of nitrogens with zero attached hydrogens (tertiary/aromatic N) is 1. The van der Waals surface area contributed by atoms with Crippen molar-refractivity contribution in [2.45, 2.75) is 51.4 Å². The van der Waals surface area contributed by atoms with Gasteiger partial charge in [-0.2, -0.15) is 0 Å². The lowest BCUT2D eigenvalue weighted by Crippen LogP contribution is -2.53. The van der Waals surface area contributed by atoms with Gasteiger partial charge in [0.25, 0.3) is 0 Å². The molecule has 19 heavy (non-hydrogen) atoms. The van der Waals surface area contributed by atoms with Gasteiger partial charge in [0.1, 0.15) is 0 Å². The number of carboxylic acids is 1. The van der Waals surface area contributed by atoms with Crippen LogP contribution >= 0.6 is 0 Å². The van der Waals surface area contributed by atoms with E-state index in [2.05, 4.69) is 5.32 Å². The van der Waals surface area contributed by atoms with Crippen molar-refractivity contribution in [2.24, 2.45) is 5.92 Å². The van der Waals surface area contributed by atoms with Crippen molar-refractivity contribution in [1.82, 2.24) is 10.2 Å². The molecule has 2 rings (SSSR count). The third kappa shape index (κ3) is 3.59. The quantitative estimate of drug-likeness (QED) is 0.786. The van der Waals surface area contributed by atoms with Gasteiger partial charge in [-0.05, 0) is 33.1 Å². The highest BCUT2D eigenvalue weighted by Gasteiger charge is 2.32. The van der Waals surface area contributed by atoms with Gasteiger partial charge < -0.3 is 20.1 Å². The van der Waals surface area contributed by atoms with Gasteiger partial charge in [0.15, 0.2) is 0 Å². The summed E-state index contributed by atoms with van der Waals surface area (Å²) in [6.07, 6.45) is 2.03. The Hall–Kier alpha value is -1.30. The first kappa shape index (κ1) is 14.1. The van der Waals surface area contributed by atoms with E-state index in [1.165, 1.54) is 0 Å². The summed E-state index contributed by atoms with van der Waals surface area (Å²) in [7, 11) is 0. The van der Waals surface area contributed by atoms with Crippen molar-refractivity contribution in [3.63, 3.8) is 0 Å². The van der Waals surface area contributed by atoms with Crippen molar-refractivity contribution in [2.75, 3.05) is 13.1 Å². The molecule has 1 aliphatic carbocycles. The fourth-order valence-electron chi connectivity index (χ4n) is 2.95. The van der Waals surface area contributed by atoms with Crippen LogP contribution < -0.4 is 5.32 Å². The van der Waals surface area contributed by atoms with Gasteiger partial charge in [-0.3, -0.25) is 4.79 Å². The normalized spacial score (nSPS) is 35.2. The minimum Gasteiger partial charge on any atom is -0.481 e. The van der Waals surface area contributed by atoms with Crippen LogP contribution in [0.4, 0.5) is 4.79 Å². The van der Waals surface area contributed by atoms with Crippen LogP contribution in [0.3, 0.4) is 0 Å². The molecular weight excluding hydrogens is 248 g/mol. The van der Waals surface area contributed by atoms with Crippen LogP contribution in [-0.4, -0.2) is 53.3 Å². The number of ether oxygens (including phenoxy) is 1. The first-order chi connectivity index (χ1) is 8.95. The molecule has 1 saturated heterocycles. The molecule has 6 heteroatoms. The van der Waals surface area contributed by atoms with E-state index in [-0.39, 0.29) is 30.2 Å². The van der Waals surface area contributed by atoms with Crippen LogP contribution in [0, 0.1) is 5.92 Å². The van der Waals surface area contributed by atoms with Gasteiger partial charge in [0.2, 0.25) is 0 Å². The van der Waals surface area contributed by atoms with E-state index in [4.69, 9.17) is 9.84 Å². The smallest absolute Gasteiger partial charge is 0.317 e. The molecule has 0 aromatic rings. The van der Waals surface area contributed by atoms with Crippen LogP contribution in [0.5, 0.6) is 0 Å². The lowest BCUT2D eigenvalue weighted by Gasteiger charge is -2.35. The number of urea groups is 1. The third-order valence-electron chi connectivity index (χ3n) is 3.82. The van der Waals surface area contributed by atoms with Crippen molar-refractivity contribution in [3.8, 4) is 0 Å². The van der Waals surface area contributed by atoms with E-state index in [0.717, 1.165) is 6.42 Å². The van der Waals surface area contributed by atoms with E-state index < -0.39 is 5.97 Å². The third-order valence-corrected chi connectivity index (χ3v) is 3.82. The molecule has 0 aromatic carbocycles. The first-order valence-corrected chi connectivity index (χ1v) is 6.89. The molecule has 6 nitrogen and oxygen atoms in total. The lowest BCUT2D eigenvalue weighted by molar-refractivity contribution is -0.141. The van der Waals surface area contributed by atoms with E-state index >= 15 is 0 Å². The Bertz CT molecular complexity index is 351. The monoisotopic (exact) mass is 270 g/mol. The Morgan fingerprint density at radius 2 is 1.84 bits per heavy atom. The Morgan fingerprint density at radius 3 is 2.37 bits per heavy atom. The summed E-state index contributed by atoms with van der Waals surface area (Å²) < 4.78 is 5.59. The van der Waals surface area contributed by atoms with Crippen LogP contribution in [-0.2, 0) is 9.53 Å². The summed E-state index contributed by atoms with van der Waals surface area (Å²) in [4.78, 5) is 24.8. The van der Waals surface area contributed by atoms with E-state index in [9.17, 15) is 9.59 Å². The summed E-state index contributed by atoms with van der Waals surface area (Å²) in [6.45, 7) is 5.08. The molecule has 1 saturated carbocycles. The van der Waals surface area contributed by atoms with Crippen LogP contribution in [0.2, 0.25) is 0 Å². The highest BCUT2D eigenvalue weighted by atomic mass is 16.5. The average Bonchev–Trinajstić information content (AvgIpc) is 2.76. The number of rotatable bonds is 2. The number of carbonyl (C=O) groups is 2. The zero-order valence-corrected chi connectivity index (χ0v) is 11.5. The number of morpholine rings is 1. The maximum Gasteiger partial charge on any atom is 0.317 e. The lowest BCUT2D eigenvalue weighted by atomic mass is 10.1. The van der Waals surface area contributed by atoms with Crippen LogP contribution in [0.1, 0.15) is 33.1 Å². The molecule has 2 N–H and O–H groups in total. The second-order valence-electron chi connectivity index (χ2n) is 5.66. The van der Waals surface area contributed by atoms with Gasteiger partial charge in [0, 0.05) is 19.1 Å². The van der Waals surface area contributed by atoms with Crippen molar-refractivity contribution in [1.29, 1.82) is 0 Å². The summed E-state index contributed by atoms with van der Waals surface area (Å²) in [5.41, 5.74) is 0. The standard InChI is InChI=1S/C13H22N2O4/c1-8-6-15(7-9(2)19-8)13(18)14-11-4-3-10(5-11)12(16)17/h8-11H,3-7H2,1-2H3,(H,14,18)(H,16,17)/t8?,9?,10-,11+/m1/s1. The SMILES string of the molecule is CC1CN(C(=O)N[C@H]2CC[C@@H](C(=O)O)C2)CC(C)O1. The summed E-state index contributed by atoms with van der Waals surface area (Å²) >= 11 is 0. The van der Waals surface area contributed by atoms with Crippen molar-refractivity contribution >= 4 is 12.0 Å². The van der Waals surface area contributed by atoms with Gasteiger partial charge in [-0.25, -0.2) is 4.79 Å². The van der Waals surface area contributed by atoms with Crippen molar-refractivity contribution < 1.29 is 19.4 Å². The molecule has 2 fully saturated rings. The fourth-order valence-corrected chi connectivity index (χ4v) is 2.95. The number of carboxylic acid groups (broad SMARTS) is 1.